The van der Waals surface area contributed by atoms with Gasteiger partial charge in [0.2, 0.25) is 0 Å². The van der Waals surface area contributed by atoms with Crippen LogP contribution in [-0.4, -0.2) is 11.1 Å². The van der Waals surface area contributed by atoms with Crippen molar-refractivity contribution in [2.75, 3.05) is 0 Å². The Bertz CT molecular complexity index is 324. The van der Waals surface area contributed by atoms with Crippen molar-refractivity contribution in [3.8, 4) is 0 Å². The Labute approximate surface area is 114 Å². The average Bonchev–Trinajstić information content (AvgIpc) is 2.77. The van der Waals surface area contributed by atoms with Crippen LogP contribution >= 0.6 is 0 Å². The Morgan fingerprint density at radius 3 is 2.59 bits per heavy atom. The van der Waals surface area contributed by atoms with Crippen LogP contribution in [0, 0.1) is 6.92 Å². The van der Waals surface area contributed by atoms with Gasteiger partial charge in [0.05, 0.1) is 6.26 Å². The van der Waals surface area contributed by atoms with Gasteiger partial charge < -0.3 is 16.4 Å². The Kier molecular flexibility index (Phi) is 13.8. The standard InChI is InChI=1S/C9H8O3.C4H9.Li/c10-9(11)6-2-1-4-8-5-3-7-12-8;1-3-4-2;/h1-7H,(H,10,11);1,3-4H2,2H3;/q;-1;+1/b4-1+,6-2+;;. The van der Waals surface area contributed by atoms with Crippen LogP contribution in [0.15, 0.2) is 41.0 Å². The van der Waals surface area contributed by atoms with Crippen LogP contribution in [-0.2, 0) is 4.79 Å². The van der Waals surface area contributed by atoms with Crippen molar-refractivity contribution in [3.63, 3.8) is 0 Å². The number of aliphatic carboxylic acids is 1. The molecule has 1 aromatic rings. The molecule has 0 fully saturated rings. The number of carboxylic acids is 1. The average molecular weight is 228 g/mol. The van der Waals surface area contributed by atoms with E-state index in [-0.39, 0.29) is 18.9 Å². The summed E-state index contributed by atoms with van der Waals surface area (Å²) in [5, 5.41) is 8.23. The number of carboxylic acid groups (broad SMARTS) is 1. The molecule has 0 aliphatic rings. The maximum atomic E-state index is 10.0. The molecule has 1 N–H and O–H groups in total. The number of hydrogen-bond donors (Lipinski definition) is 1. The zero-order chi connectivity index (χ0) is 12.2. The van der Waals surface area contributed by atoms with Crippen molar-refractivity contribution >= 4 is 12.0 Å². The molecule has 0 aliphatic carbocycles. The molecule has 0 bridgehead atoms. The third-order valence-corrected chi connectivity index (χ3v) is 1.51. The molecule has 0 aliphatic heterocycles. The first-order chi connectivity index (χ1) is 7.70. The van der Waals surface area contributed by atoms with Crippen LogP contribution < -0.4 is 18.9 Å². The Morgan fingerprint density at radius 2 is 2.18 bits per heavy atom. The molecule has 0 atom stereocenters. The quantitative estimate of drug-likeness (QED) is 0.354. The Hall–Kier alpha value is -1.17. The molecule has 0 saturated heterocycles. The first-order valence-corrected chi connectivity index (χ1v) is 5.11. The van der Waals surface area contributed by atoms with Crippen LogP contribution in [0.4, 0.5) is 0 Å². The fraction of sp³-hybridized carbons (Fsp3) is 0.231. The first kappa shape index (κ1) is 18.2. The van der Waals surface area contributed by atoms with Gasteiger partial charge in [0.15, 0.2) is 0 Å². The third kappa shape index (κ3) is 12.8. The predicted molar refractivity (Wildman–Crippen MR) is 64.8 cm³/mol. The van der Waals surface area contributed by atoms with Crippen LogP contribution in [0.3, 0.4) is 0 Å². The van der Waals surface area contributed by atoms with Gasteiger partial charge in [-0.15, -0.1) is 0 Å². The number of unbranched alkanes of at least 4 members (excludes halogenated alkanes) is 1. The minimum absolute atomic E-state index is 0. The minimum atomic E-state index is -0.959. The molecule has 0 spiro atoms. The van der Waals surface area contributed by atoms with Gasteiger partial charge in [-0.05, 0) is 18.2 Å². The summed E-state index contributed by atoms with van der Waals surface area (Å²) in [5.41, 5.74) is 0. The van der Waals surface area contributed by atoms with Crippen molar-refractivity contribution in [2.45, 2.75) is 19.8 Å². The third-order valence-electron chi connectivity index (χ3n) is 1.51. The molecule has 0 saturated carbocycles. The largest absolute Gasteiger partial charge is 1.00 e. The first-order valence-electron chi connectivity index (χ1n) is 5.11. The zero-order valence-electron chi connectivity index (χ0n) is 10.4. The van der Waals surface area contributed by atoms with E-state index in [0.717, 1.165) is 12.5 Å². The van der Waals surface area contributed by atoms with Crippen molar-refractivity contribution in [1.29, 1.82) is 0 Å². The molecule has 1 heterocycles. The summed E-state index contributed by atoms with van der Waals surface area (Å²) < 4.78 is 4.97. The maximum Gasteiger partial charge on any atom is 1.00 e. The van der Waals surface area contributed by atoms with Crippen molar-refractivity contribution in [3.05, 3.63) is 49.3 Å². The summed E-state index contributed by atoms with van der Waals surface area (Å²) in [7, 11) is 0. The van der Waals surface area contributed by atoms with E-state index in [2.05, 4.69) is 13.8 Å². The maximum absolute atomic E-state index is 10.0. The normalized spacial score (nSPS) is 9.76. The Morgan fingerprint density at radius 1 is 1.53 bits per heavy atom. The van der Waals surface area contributed by atoms with Gasteiger partial charge in [-0.3, -0.25) is 0 Å². The number of rotatable bonds is 4. The number of hydrogen-bond acceptors (Lipinski definition) is 2. The van der Waals surface area contributed by atoms with Gasteiger partial charge >= 0.3 is 24.8 Å². The van der Waals surface area contributed by atoms with Crippen molar-refractivity contribution in [2.24, 2.45) is 0 Å². The molecule has 1 aromatic heterocycles. The van der Waals surface area contributed by atoms with Crippen molar-refractivity contribution in [1.82, 2.24) is 0 Å². The van der Waals surface area contributed by atoms with Gasteiger partial charge in [0, 0.05) is 6.08 Å². The van der Waals surface area contributed by atoms with E-state index in [1.54, 1.807) is 30.5 Å². The minimum Gasteiger partial charge on any atom is -0.478 e. The van der Waals surface area contributed by atoms with Gasteiger partial charge in [-0.1, -0.05) is 25.5 Å². The molecule has 0 amide bonds. The van der Waals surface area contributed by atoms with Gasteiger partial charge in [0.25, 0.3) is 0 Å². The molecule has 1 rings (SSSR count). The molecular weight excluding hydrogens is 211 g/mol. The molecule has 0 radical (unpaired) electrons. The molecule has 4 heteroatoms. The van der Waals surface area contributed by atoms with Gasteiger partial charge in [-0.25, -0.2) is 4.79 Å². The topological polar surface area (TPSA) is 50.4 Å². The molecule has 17 heavy (non-hydrogen) atoms. The zero-order valence-corrected chi connectivity index (χ0v) is 10.4. The molecule has 0 unspecified atom stereocenters. The second-order valence-corrected chi connectivity index (χ2v) is 2.93. The van der Waals surface area contributed by atoms with Crippen LogP contribution in [0.5, 0.6) is 0 Å². The molecule has 0 aromatic carbocycles. The van der Waals surface area contributed by atoms with E-state index in [1.807, 2.05) is 0 Å². The summed E-state index contributed by atoms with van der Waals surface area (Å²) in [6.07, 6.45) is 9.61. The SMILES string of the molecule is O=C(O)/C=C/C=C/c1ccco1.[CH2-]CCC.[Li+]. The summed E-state index contributed by atoms with van der Waals surface area (Å²) in [5.74, 6) is -0.260. The smallest absolute Gasteiger partial charge is 0.478 e. The summed E-state index contributed by atoms with van der Waals surface area (Å²) in [4.78, 5) is 10.0. The predicted octanol–water partition coefficient (Wildman–Crippen LogP) is 0.558. The van der Waals surface area contributed by atoms with Gasteiger partial charge in [0.1, 0.15) is 5.76 Å². The van der Waals surface area contributed by atoms with Crippen molar-refractivity contribution < 1.29 is 33.2 Å². The van der Waals surface area contributed by atoms with Crippen LogP contribution in [0.25, 0.3) is 6.08 Å². The fourth-order valence-corrected chi connectivity index (χ4v) is 0.674. The second-order valence-electron chi connectivity index (χ2n) is 2.93. The van der Waals surface area contributed by atoms with E-state index in [4.69, 9.17) is 9.52 Å². The molecule has 3 nitrogen and oxygen atoms in total. The summed E-state index contributed by atoms with van der Waals surface area (Å²) in [6.45, 7) is 5.72. The van der Waals surface area contributed by atoms with Crippen LogP contribution in [0.1, 0.15) is 25.5 Å². The fourth-order valence-electron chi connectivity index (χ4n) is 0.674. The van der Waals surface area contributed by atoms with E-state index >= 15 is 0 Å². The molecular formula is C13H17LiO3. The van der Waals surface area contributed by atoms with Crippen LogP contribution in [0.2, 0.25) is 0 Å². The monoisotopic (exact) mass is 228 g/mol. The van der Waals surface area contributed by atoms with E-state index < -0.39 is 5.97 Å². The second kappa shape index (κ2) is 12.9. The summed E-state index contributed by atoms with van der Waals surface area (Å²) >= 11 is 0. The number of allylic oxidation sites excluding steroid dienone is 2. The number of furan rings is 1. The summed E-state index contributed by atoms with van der Waals surface area (Å²) in [6, 6.07) is 3.55. The van der Waals surface area contributed by atoms with E-state index in [9.17, 15) is 4.79 Å². The van der Waals surface area contributed by atoms with Gasteiger partial charge in [-0.2, -0.15) is 6.42 Å². The number of carbonyl (C=O) groups is 1. The Balaban J connectivity index is 0. The van der Waals surface area contributed by atoms with E-state index in [0.29, 0.717) is 5.76 Å². The van der Waals surface area contributed by atoms with E-state index in [1.165, 1.54) is 12.5 Å². The molecule has 88 valence electrons.